The first-order valence-corrected chi connectivity index (χ1v) is 12.2. The molecule has 1 amide bonds. The van der Waals surface area contributed by atoms with Crippen molar-refractivity contribution in [2.45, 2.75) is 18.8 Å². The predicted molar refractivity (Wildman–Crippen MR) is 138 cm³/mol. The first-order chi connectivity index (χ1) is 17.0. The fraction of sp³-hybridized carbons (Fsp3) is 0.321. The average Bonchev–Trinajstić information content (AvgIpc) is 3.16. The van der Waals surface area contributed by atoms with Gasteiger partial charge in [-0.25, -0.2) is 0 Å². The number of para-hydroxylation sites is 1. The molecule has 1 atom stereocenters. The van der Waals surface area contributed by atoms with Gasteiger partial charge in [-0.15, -0.1) is 0 Å². The van der Waals surface area contributed by atoms with Gasteiger partial charge in [-0.2, -0.15) is 0 Å². The van der Waals surface area contributed by atoms with Gasteiger partial charge >= 0.3 is 0 Å². The molecule has 0 spiro atoms. The quantitative estimate of drug-likeness (QED) is 0.377. The van der Waals surface area contributed by atoms with E-state index in [1.807, 2.05) is 54.3 Å². The van der Waals surface area contributed by atoms with Crippen molar-refractivity contribution in [3.05, 3.63) is 100 Å². The molecule has 0 aliphatic carbocycles. The Balaban J connectivity index is 1.34. The summed E-state index contributed by atoms with van der Waals surface area (Å²) in [6.07, 6.45) is 0.723. The third-order valence-corrected chi connectivity index (χ3v) is 7.45. The molecular weight excluding hydrogens is 440 g/mol. The second-order valence-corrected chi connectivity index (χ2v) is 9.19. The number of nitrogens with zero attached hydrogens (tertiary/aromatic N) is 4. The SMILES string of the molecule is CCN1C(=O)C(CCN2CCN(c3ccc([N+](=O)[O-])cc3)CC2)(c2ccccc2)c2ccccc21. The van der Waals surface area contributed by atoms with E-state index in [9.17, 15) is 14.9 Å². The number of carbonyl (C=O) groups excluding carboxylic acids is 1. The number of rotatable bonds is 7. The topological polar surface area (TPSA) is 69.9 Å². The van der Waals surface area contributed by atoms with E-state index in [1.165, 1.54) is 0 Å². The minimum absolute atomic E-state index is 0.112. The summed E-state index contributed by atoms with van der Waals surface area (Å²) in [6, 6.07) is 25.2. The first-order valence-electron chi connectivity index (χ1n) is 12.2. The summed E-state index contributed by atoms with van der Waals surface area (Å²) >= 11 is 0. The number of fused-ring (bicyclic) bond motifs is 1. The molecule has 3 aromatic carbocycles. The van der Waals surface area contributed by atoms with E-state index < -0.39 is 5.41 Å². The number of nitro groups is 1. The van der Waals surface area contributed by atoms with Crippen molar-refractivity contribution >= 4 is 23.0 Å². The van der Waals surface area contributed by atoms with Crippen LogP contribution < -0.4 is 9.80 Å². The van der Waals surface area contributed by atoms with Crippen LogP contribution in [0.25, 0.3) is 0 Å². The number of nitro benzene ring substituents is 1. The number of non-ortho nitro benzene ring substituents is 1. The summed E-state index contributed by atoms with van der Waals surface area (Å²) in [7, 11) is 0. The van der Waals surface area contributed by atoms with Gasteiger partial charge in [0.15, 0.2) is 0 Å². The Bertz CT molecular complexity index is 1210. The molecule has 1 fully saturated rings. The maximum absolute atomic E-state index is 14.0. The number of carbonyl (C=O) groups is 1. The predicted octanol–water partition coefficient (Wildman–Crippen LogP) is 4.46. The van der Waals surface area contributed by atoms with E-state index in [4.69, 9.17) is 0 Å². The normalized spacial score (nSPS) is 20.2. The van der Waals surface area contributed by atoms with Gasteiger partial charge in [-0.1, -0.05) is 48.5 Å². The highest BCUT2D eigenvalue weighted by atomic mass is 16.6. The van der Waals surface area contributed by atoms with Gasteiger partial charge < -0.3 is 9.80 Å². The number of hydrogen-bond acceptors (Lipinski definition) is 5. The lowest BCUT2D eigenvalue weighted by Gasteiger charge is -2.38. The molecule has 0 aromatic heterocycles. The van der Waals surface area contributed by atoms with Crippen LogP contribution in [0.2, 0.25) is 0 Å². The highest BCUT2D eigenvalue weighted by Crippen LogP contribution is 2.48. The van der Waals surface area contributed by atoms with Crippen molar-refractivity contribution in [1.82, 2.24) is 4.90 Å². The number of likely N-dealkylation sites (N-methyl/N-ethyl adjacent to an activating group) is 1. The maximum atomic E-state index is 14.0. The highest BCUT2D eigenvalue weighted by molar-refractivity contribution is 6.10. The van der Waals surface area contributed by atoms with Gasteiger partial charge in [0.05, 0.1) is 4.92 Å². The van der Waals surface area contributed by atoms with Crippen LogP contribution in [0.4, 0.5) is 17.1 Å². The number of benzene rings is 3. The number of piperazine rings is 1. The Morgan fingerprint density at radius 3 is 2.20 bits per heavy atom. The van der Waals surface area contributed by atoms with E-state index in [0.29, 0.717) is 6.54 Å². The van der Waals surface area contributed by atoms with Gasteiger partial charge in [0.2, 0.25) is 5.91 Å². The molecule has 0 radical (unpaired) electrons. The molecule has 180 valence electrons. The lowest BCUT2D eigenvalue weighted by molar-refractivity contribution is -0.384. The standard InChI is InChI=1S/C28H30N4O3/c1-2-31-26-11-7-6-10-25(26)28(27(31)33,22-8-4-3-5-9-22)16-17-29-18-20-30(21-19-29)23-12-14-24(15-13-23)32(34)35/h3-15H,2,16-21H2,1H3. The second kappa shape index (κ2) is 9.50. The van der Waals surface area contributed by atoms with Crippen LogP contribution in [0.15, 0.2) is 78.9 Å². The zero-order valence-corrected chi connectivity index (χ0v) is 20.0. The third kappa shape index (κ3) is 4.06. The lowest BCUT2D eigenvalue weighted by atomic mass is 9.72. The fourth-order valence-corrected chi connectivity index (χ4v) is 5.57. The summed E-state index contributed by atoms with van der Waals surface area (Å²) in [4.78, 5) is 31.1. The summed E-state index contributed by atoms with van der Waals surface area (Å²) in [5.41, 5.74) is 3.62. The Morgan fingerprint density at radius 1 is 0.886 bits per heavy atom. The maximum Gasteiger partial charge on any atom is 0.269 e. The van der Waals surface area contributed by atoms with Gasteiger partial charge in [0, 0.05) is 56.2 Å². The third-order valence-electron chi connectivity index (χ3n) is 7.45. The molecule has 5 rings (SSSR count). The number of anilines is 2. The van der Waals surface area contributed by atoms with Crippen LogP contribution in [0.5, 0.6) is 0 Å². The zero-order valence-electron chi connectivity index (χ0n) is 20.0. The van der Waals surface area contributed by atoms with Crippen LogP contribution in [0.1, 0.15) is 24.5 Å². The Hall–Kier alpha value is -3.71. The minimum atomic E-state index is -0.677. The van der Waals surface area contributed by atoms with E-state index in [0.717, 1.165) is 61.6 Å². The summed E-state index contributed by atoms with van der Waals surface area (Å²) in [6.45, 7) is 6.97. The zero-order chi connectivity index (χ0) is 24.4. The van der Waals surface area contributed by atoms with Crippen molar-refractivity contribution in [2.75, 3.05) is 49.1 Å². The Morgan fingerprint density at radius 2 is 1.54 bits per heavy atom. The first kappa shape index (κ1) is 23.1. The molecule has 2 aliphatic heterocycles. The average molecular weight is 471 g/mol. The van der Waals surface area contributed by atoms with E-state index in [1.54, 1.807) is 12.1 Å². The lowest BCUT2D eigenvalue weighted by Crippen LogP contribution is -2.49. The summed E-state index contributed by atoms with van der Waals surface area (Å²) in [5.74, 6) is 0.164. The van der Waals surface area contributed by atoms with Gasteiger partial charge in [-0.05, 0) is 49.2 Å². The molecule has 3 aromatic rings. The van der Waals surface area contributed by atoms with E-state index in [2.05, 4.69) is 34.1 Å². The monoisotopic (exact) mass is 470 g/mol. The van der Waals surface area contributed by atoms with Crippen LogP contribution in [0, 0.1) is 10.1 Å². The second-order valence-electron chi connectivity index (χ2n) is 9.19. The van der Waals surface area contributed by atoms with Crippen LogP contribution in [-0.2, 0) is 10.2 Å². The van der Waals surface area contributed by atoms with Gasteiger partial charge in [-0.3, -0.25) is 19.8 Å². The van der Waals surface area contributed by atoms with Crippen LogP contribution in [0.3, 0.4) is 0 Å². The molecule has 7 nitrogen and oxygen atoms in total. The molecule has 35 heavy (non-hydrogen) atoms. The Labute approximate surface area is 205 Å². The largest absolute Gasteiger partial charge is 0.369 e. The van der Waals surface area contributed by atoms with Crippen LogP contribution in [-0.4, -0.2) is 55.0 Å². The minimum Gasteiger partial charge on any atom is -0.369 e. The highest BCUT2D eigenvalue weighted by Gasteiger charge is 2.51. The van der Waals surface area contributed by atoms with Gasteiger partial charge in [0.1, 0.15) is 5.41 Å². The molecular formula is C28H30N4O3. The molecule has 1 unspecified atom stereocenters. The number of amides is 1. The molecule has 2 heterocycles. The van der Waals surface area contributed by atoms with Gasteiger partial charge in [0.25, 0.3) is 5.69 Å². The van der Waals surface area contributed by atoms with Crippen molar-refractivity contribution in [3.8, 4) is 0 Å². The van der Waals surface area contributed by atoms with E-state index >= 15 is 0 Å². The fourth-order valence-electron chi connectivity index (χ4n) is 5.57. The van der Waals surface area contributed by atoms with E-state index in [-0.39, 0.29) is 16.5 Å². The summed E-state index contributed by atoms with van der Waals surface area (Å²) in [5, 5.41) is 10.9. The molecule has 0 bridgehead atoms. The van der Waals surface area contributed by atoms with Crippen molar-refractivity contribution in [1.29, 1.82) is 0 Å². The van der Waals surface area contributed by atoms with Crippen molar-refractivity contribution in [3.63, 3.8) is 0 Å². The van der Waals surface area contributed by atoms with Crippen molar-refractivity contribution in [2.24, 2.45) is 0 Å². The van der Waals surface area contributed by atoms with Crippen LogP contribution >= 0.6 is 0 Å². The smallest absolute Gasteiger partial charge is 0.269 e. The molecule has 7 heteroatoms. The molecule has 1 saturated heterocycles. The molecule has 0 saturated carbocycles. The molecule has 0 N–H and O–H groups in total. The molecule has 2 aliphatic rings. The van der Waals surface area contributed by atoms with Crippen molar-refractivity contribution < 1.29 is 9.72 Å². The Kier molecular flexibility index (Phi) is 6.26. The number of hydrogen-bond donors (Lipinski definition) is 0. The summed E-state index contributed by atoms with van der Waals surface area (Å²) < 4.78 is 0.